The predicted octanol–water partition coefficient (Wildman–Crippen LogP) is 13.3. The second-order valence-electron chi connectivity index (χ2n) is 11.2. The van der Waals surface area contributed by atoms with E-state index in [-0.39, 0.29) is 0 Å². The van der Waals surface area contributed by atoms with Gasteiger partial charge in [-0.1, -0.05) is 99.8 Å². The fourth-order valence-electron chi connectivity index (χ4n) is 0.832. The van der Waals surface area contributed by atoms with E-state index in [1.807, 2.05) is 60.6 Å². The molecule has 1 aliphatic carbocycles. The summed E-state index contributed by atoms with van der Waals surface area (Å²) in [5.74, 6) is 2.50. The Morgan fingerprint density at radius 1 is 0.906 bits per heavy atom. The second kappa shape index (κ2) is 137. The molecule has 64 heavy (non-hydrogen) atoms. The number of ether oxygens (including phenoxy) is 1. The number of hydrogen-bond acceptors (Lipinski definition) is 12. The number of rotatable bonds is 3. The Bertz CT molecular complexity index is 1090. The number of hydrogen-bond donors (Lipinski definition) is 5. The van der Waals surface area contributed by atoms with Gasteiger partial charge in [0, 0.05) is 28.1 Å². The minimum absolute atomic E-state index is 0.583. The summed E-state index contributed by atoms with van der Waals surface area (Å²) in [6.07, 6.45) is 32.6. The molecular formula is C49H103N3O9S3. The number of thiol groups is 1. The van der Waals surface area contributed by atoms with Gasteiger partial charge >= 0.3 is 0 Å². The fraction of sp³-hybridized carbons (Fsp3) is 0.633. The number of carboxylic acids is 1. The van der Waals surface area contributed by atoms with Crippen molar-refractivity contribution in [2.45, 2.75) is 156 Å². The second-order valence-corrected chi connectivity index (χ2v) is 12.9. The molecule has 15 heteroatoms. The first-order valence-electron chi connectivity index (χ1n) is 20.3. The number of aliphatic hydroxyl groups is 1. The number of isocyanates is 1. The summed E-state index contributed by atoms with van der Waals surface area (Å²) in [4.78, 5) is 32.9. The van der Waals surface area contributed by atoms with E-state index in [9.17, 15) is 8.42 Å². The van der Waals surface area contributed by atoms with Gasteiger partial charge in [0.2, 0.25) is 6.08 Å². The maximum absolute atomic E-state index is 9.19. The highest BCUT2D eigenvalue weighted by atomic mass is 32.2. The molecule has 1 unspecified atom stereocenters. The van der Waals surface area contributed by atoms with Crippen LogP contribution in [0.4, 0.5) is 0 Å². The molecule has 0 aromatic rings. The van der Waals surface area contributed by atoms with E-state index in [0.29, 0.717) is 12.4 Å². The van der Waals surface area contributed by atoms with Crippen LogP contribution in [0.1, 0.15) is 150 Å². The molecule has 386 valence electrons. The van der Waals surface area contributed by atoms with E-state index in [2.05, 4.69) is 150 Å². The zero-order valence-electron chi connectivity index (χ0n) is 45.1. The number of thiocarbonyl (C=S) groups is 1. The molecule has 0 aromatic carbocycles. The molecule has 1 saturated carbocycles. The zero-order chi connectivity index (χ0) is 55.2. The number of isothiocyanates is 1. The lowest BCUT2D eigenvalue weighted by molar-refractivity contribution is -0.134. The third kappa shape index (κ3) is 1240. The number of terminal acetylenes is 1. The lowest BCUT2D eigenvalue weighted by Crippen LogP contribution is -1.88. The van der Waals surface area contributed by atoms with Gasteiger partial charge in [0.15, 0.2) is 0 Å². The largest absolute Gasteiger partial charge is 0.481 e. The number of nitrogens with zero attached hydrogens (tertiary/aromatic N) is 2. The van der Waals surface area contributed by atoms with E-state index in [1.165, 1.54) is 63.9 Å². The Hall–Kier alpha value is -3.54. The summed E-state index contributed by atoms with van der Waals surface area (Å²) in [6, 6.07) is 0. The summed E-state index contributed by atoms with van der Waals surface area (Å²) in [7, 11) is 1.81. The van der Waals surface area contributed by atoms with Gasteiger partial charge in [-0.05, 0) is 134 Å². The number of aliphatic carboxylic acids is 1. The third-order valence-electron chi connectivity index (χ3n) is 3.62. The molecular weight excluding hydrogens is 871 g/mol. The molecule has 1 heterocycles. The lowest BCUT2D eigenvalue weighted by Gasteiger charge is -1.76. The number of carbonyl (C=O) groups is 2. The van der Waals surface area contributed by atoms with Gasteiger partial charge in [0.25, 0.3) is 16.1 Å². The highest BCUT2D eigenvalue weighted by Gasteiger charge is 2.13. The molecule has 1 saturated heterocycles. The van der Waals surface area contributed by atoms with Crippen LogP contribution in [0, 0.1) is 18.3 Å². The van der Waals surface area contributed by atoms with Crippen molar-refractivity contribution in [3.8, 4) is 12.3 Å². The van der Waals surface area contributed by atoms with Gasteiger partial charge in [-0.15, -0.1) is 25.5 Å². The number of aliphatic hydroxyl groups excluding tert-OH is 1. The monoisotopic (exact) mass is 974 g/mol. The van der Waals surface area contributed by atoms with Crippen LogP contribution >= 0.6 is 24.8 Å². The van der Waals surface area contributed by atoms with E-state index < -0.39 is 16.1 Å². The van der Waals surface area contributed by atoms with E-state index in [0.717, 1.165) is 39.3 Å². The van der Waals surface area contributed by atoms with Crippen molar-refractivity contribution in [2.24, 2.45) is 21.6 Å². The Labute approximate surface area is 409 Å². The van der Waals surface area contributed by atoms with Crippen molar-refractivity contribution in [3.63, 3.8) is 0 Å². The lowest BCUT2D eigenvalue weighted by atomic mass is 10.3. The molecule has 0 bridgehead atoms. The number of epoxide rings is 1. The summed E-state index contributed by atoms with van der Waals surface area (Å²) in [5.41, 5.74) is 7.05. The SMILES string of the molecule is C#CC.C=C(C)C.C=CC.CC(=O)O.CC1CC1.CC1CO1.CC=C(C)C.CC=CC.CC=CCC.CC=CCCC.CC=O.CN.CN=C=O.CN=C=S.CO.CS.CS(=O)(=O)O. The topological polar surface area (TPSA) is 209 Å². The van der Waals surface area contributed by atoms with Gasteiger partial charge in [-0.25, -0.2) is 14.8 Å². The highest BCUT2D eigenvalue weighted by molar-refractivity contribution is 7.85. The molecule has 1 atom stereocenters. The quantitative estimate of drug-likeness (QED) is 0.0207. The van der Waals surface area contributed by atoms with Crippen molar-refractivity contribution in [3.05, 3.63) is 72.9 Å². The summed E-state index contributed by atoms with van der Waals surface area (Å²) < 4.78 is 30.6. The van der Waals surface area contributed by atoms with E-state index in [1.54, 1.807) is 26.3 Å². The van der Waals surface area contributed by atoms with Crippen LogP contribution in [-0.4, -0.2) is 100 Å². The standard InChI is InChI=1S/C6H12.2C5H10.3C4H8.C3H6O.C3H6.C3H4.C2H3NO.C2H3NS.C2H4O2.C2H4O.CH5N.CH4O3S.CH4O.CH4S/c1-3-5-6-4-2;1-4-5(2)3;1-3-5-4-2;1-4-2-3-4;1-4(2)3;1-3-4-2;1-3-2-4-3;2*1-3-2;2*1-3-2-4;1-2(3)4;1-2-3;1-2;1-5(2,3)4;2*1-2/h3,5H,4,6H2,1-2H3;4H,1-3H3;3,5H,4H2,1-2H3;4H,2-3H2,1H3;1H2,2-3H3;3-4H,1-2H3;3H,2H2,1H3;3H,1H2,2H3;1H,2H3;2*1H3;1H3,(H,3,4);2H,1H3;2H2,1H3;1H3,(H,2,3,4);2*2H,1H3. The van der Waals surface area contributed by atoms with Crippen molar-refractivity contribution in [2.75, 3.05) is 47.4 Å². The molecule has 5 N–H and O–H groups in total. The molecule has 0 aromatic heterocycles. The van der Waals surface area contributed by atoms with Crippen molar-refractivity contribution in [1.82, 2.24) is 0 Å². The molecule has 1 aliphatic heterocycles. The Balaban J connectivity index is -0.0000000309. The van der Waals surface area contributed by atoms with Crippen molar-refractivity contribution >= 4 is 58.5 Å². The predicted molar refractivity (Wildman–Crippen MR) is 296 cm³/mol. The van der Waals surface area contributed by atoms with E-state index >= 15 is 0 Å². The summed E-state index contributed by atoms with van der Waals surface area (Å²) >= 11 is 7.66. The maximum atomic E-state index is 9.19. The number of aliphatic imine (C=N–C) groups is 2. The molecule has 2 fully saturated rings. The minimum Gasteiger partial charge on any atom is -0.481 e. The molecule has 0 radical (unpaired) electrons. The van der Waals surface area contributed by atoms with Crippen molar-refractivity contribution < 1.29 is 42.3 Å². The molecule has 12 nitrogen and oxygen atoms in total. The van der Waals surface area contributed by atoms with Gasteiger partial charge in [0.1, 0.15) is 6.29 Å². The molecule has 0 spiro atoms. The number of unbranched alkanes of at least 4 members (excludes halogenated alkanes) is 1. The average molecular weight is 975 g/mol. The number of allylic oxidation sites excluding steroid dienone is 10. The summed E-state index contributed by atoms with van der Waals surface area (Å²) in [6.45, 7) is 40.8. The Morgan fingerprint density at radius 2 is 1.09 bits per heavy atom. The number of nitrogens with two attached hydrogens (primary N) is 1. The van der Waals surface area contributed by atoms with Crippen LogP contribution in [0.15, 0.2) is 82.9 Å². The Kier molecular flexibility index (Phi) is 222. The number of carbonyl (C=O) groups excluding carboxylic acids is 2. The normalized spacial score (nSPS) is 10.1. The number of carboxylic acid groups (broad SMARTS) is 1. The zero-order valence-corrected chi connectivity index (χ0v) is 47.6. The van der Waals surface area contributed by atoms with Gasteiger partial charge in [-0.3, -0.25) is 9.35 Å². The van der Waals surface area contributed by atoms with Gasteiger partial charge in [-0.2, -0.15) is 21.0 Å². The van der Waals surface area contributed by atoms with Gasteiger partial charge in [0.05, 0.1) is 24.1 Å². The Morgan fingerprint density at radius 3 is 1.11 bits per heavy atom. The minimum atomic E-state index is -3.67. The molecule has 2 rings (SSSR count). The first-order valence-corrected chi connectivity index (χ1v) is 23.5. The molecule has 0 amide bonds. The highest BCUT2D eigenvalue weighted by Crippen LogP contribution is 2.26. The first kappa shape index (κ1) is 103. The summed E-state index contributed by atoms with van der Waals surface area (Å²) in [5, 5.41) is 16.6. The van der Waals surface area contributed by atoms with Crippen LogP contribution in [0.3, 0.4) is 0 Å². The average Bonchev–Trinajstić information content (AvgIpc) is 4.20. The third-order valence-corrected chi connectivity index (χ3v) is 3.80. The first-order chi connectivity index (χ1) is 29.8. The number of aldehydes is 1. The molecule has 2 aliphatic rings. The van der Waals surface area contributed by atoms with Crippen LogP contribution in [0.25, 0.3) is 0 Å². The van der Waals surface area contributed by atoms with Crippen molar-refractivity contribution in [1.29, 1.82) is 0 Å². The fourth-order valence-corrected chi connectivity index (χ4v) is 0.832. The van der Waals surface area contributed by atoms with Crippen LogP contribution in [0.5, 0.6) is 0 Å². The smallest absolute Gasteiger partial charge is 0.300 e. The van der Waals surface area contributed by atoms with Gasteiger partial charge < -0.3 is 25.5 Å². The van der Waals surface area contributed by atoms with E-state index in [4.69, 9.17) is 33.9 Å². The van der Waals surface area contributed by atoms with Crippen LogP contribution < -0.4 is 5.73 Å². The van der Waals surface area contributed by atoms with Crippen LogP contribution in [0.2, 0.25) is 0 Å². The maximum Gasteiger partial charge on any atom is 0.300 e. The van der Waals surface area contributed by atoms with Crippen LogP contribution in [-0.2, 0) is 29.2 Å².